The first-order valence-corrected chi connectivity index (χ1v) is 5.83. The molecule has 106 valence electrons. The van der Waals surface area contributed by atoms with E-state index in [2.05, 4.69) is 0 Å². The molecule has 3 N–H and O–H groups in total. The molecular formula is C14H10N2O5. The predicted molar refractivity (Wildman–Crippen MR) is 74.3 cm³/mol. The number of hydrogen-bond donors (Lipinski definition) is 2. The van der Waals surface area contributed by atoms with Crippen molar-refractivity contribution in [3.63, 3.8) is 0 Å². The van der Waals surface area contributed by atoms with E-state index in [-0.39, 0.29) is 16.8 Å². The van der Waals surface area contributed by atoms with Crippen molar-refractivity contribution in [2.75, 3.05) is 5.73 Å². The Bertz CT molecular complexity index is 741. The number of carboxylic acid groups (broad SMARTS) is 1. The third kappa shape index (κ3) is 2.57. The second-order valence-electron chi connectivity index (χ2n) is 4.18. The van der Waals surface area contributed by atoms with Gasteiger partial charge in [-0.05, 0) is 12.1 Å². The monoisotopic (exact) mass is 286 g/mol. The van der Waals surface area contributed by atoms with Crippen LogP contribution in [0.3, 0.4) is 0 Å². The molecule has 0 aromatic heterocycles. The maximum absolute atomic E-state index is 12.3. The molecule has 0 saturated carbocycles. The molecule has 2 aromatic rings. The molecule has 0 heterocycles. The minimum absolute atomic E-state index is 0.235. The molecule has 21 heavy (non-hydrogen) atoms. The smallest absolute Gasteiger partial charge is 0.343 e. The van der Waals surface area contributed by atoms with Gasteiger partial charge in [0.05, 0.1) is 4.92 Å². The Morgan fingerprint density at radius 2 is 1.71 bits per heavy atom. The molecule has 0 aliphatic heterocycles. The predicted octanol–water partition coefficient (Wildman–Crippen LogP) is 2.11. The van der Waals surface area contributed by atoms with Crippen molar-refractivity contribution in [1.29, 1.82) is 0 Å². The van der Waals surface area contributed by atoms with Crippen LogP contribution in [-0.4, -0.2) is 21.8 Å². The van der Waals surface area contributed by atoms with Crippen LogP contribution >= 0.6 is 0 Å². The van der Waals surface area contributed by atoms with Gasteiger partial charge in [0.1, 0.15) is 5.69 Å². The molecule has 0 saturated heterocycles. The van der Waals surface area contributed by atoms with E-state index in [1.54, 1.807) is 18.2 Å². The van der Waals surface area contributed by atoms with E-state index in [0.29, 0.717) is 0 Å². The number of rotatable bonds is 4. The van der Waals surface area contributed by atoms with Gasteiger partial charge in [-0.1, -0.05) is 30.3 Å². The van der Waals surface area contributed by atoms with Crippen LogP contribution in [0.1, 0.15) is 26.3 Å². The number of hydrogen-bond acceptors (Lipinski definition) is 5. The fourth-order valence-corrected chi connectivity index (χ4v) is 1.95. The Morgan fingerprint density at radius 1 is 1.10 bits per heavy atom. The Hall–Kier alpha value is -3.22. The Morgan fingerprint density at radius 3 is 2.24 bits per heavy atom. The summed E-state index contributed by atoms with van der Waals surface area (Å²) >= 11 is 0. The number of nitro benzene ring substituents is 1. The first-order chi connectivity index (χ1) is 9.93. The second-order valence-corrected chi connectivity index (χ2v) is 4.18. The average molecular weight is 286 g/mol. The van der Waals surface area contributed by atoms with E-state index < -0.39 is 27.9 Å². The van der Waals surface area contributed by atoms with Crippen LogP contribution in [0.5, 0.6) is 0 Å². The first kappa shape index (κ1) is 14.2. The number of nitro groups is 1. The van der Waals surface area contributed by atoms with Crippen molar-refractivity contribution in [3.8, 4) is 0 Å². The Labute approximate surface area is 118 Å². The molecule has 7 heteroatoms. The van der Waals surface area contributed by atoms with E-state index >= 15 is 0 Å². The molecule has 2 rings (SSSR count). The molecule has 0 bridgehead atoms. The second kappa shape index (κ2) is 5.41. The van der Waals surface area contributed by atoms with Crippen molar-refractivity contribution in [2.45, 2.75) is 0 Å². The molecule has 7 nitrogen and oxygen atoms in total. The standard InChI is InChI=1S/C14H10N2O5/c15-10-7-6-9(11(14(18)19)12(10)16(20)21)13(17)8-4-2-1-3-5-8/h1-7H,15H2,(H,18,19). The third-order valence-corrected chi connectivity index (χ3v) is 2.89. The number of ketones is 1. The lowest BCUT2D eigenvalue weighted by Crippen LogP contribution is -2.14. The van der Waals surface area contributed by atoms with E-state index in [0.717, 1.165) is 6.07 Å². The zero-order chi connectivity index (χ0) is 15.6. The van der Waals surface area contributed by atoms with Gasteiger partial charge < -0.3 is 10.8 Å². The van der Waals surface area contributed by atoms with Crippen LogP contribution in [0.2, 0.25) is 0 Å². The summed E-state index contributed by atoms with van der Waals surface area (Å²) in [6.45, 7) is 0. The topological polar surface area (TPSA) is 124 Å². The lowest BCUT2D eigenvalue weighted by Gasteiger charge is -2.08. The number of nitrogens with zero attached hydrogens (tertiary/aromatic N) is 1. The highest BCUT2D eigenvalue weighted by Gasteiger charge is 2.30. The maximum Gasteiger partial charge on any atom is 0.343 e. The molecule has 0 fully saturated rings. The summed E-state index contributed by atoms with van der Waals surface area (Å²) in [5.41, 5.74) is 3.64. The van der Waals surface area contributed by atoms with Crippen molar-refractivity contribution in [3.05, 3.63) is 69.3 Å². The van der Waals surface area contributed by atoms with Gasteiger partial charge in [-0.15, -0.1) is 0 Å². The summed E-state index contributed by atoms with van der Waals surface area (Å²) in [4.78, 5) is 33.8. The van der Waals surface area contributed by atoms with Crippen molar-refractivity contribution in [2.24, 2.45) is 0 Å². The summed E-state index contributed by atoms with van der Waals surface area (Å²) in [5, 5.41) is 20.2. The Balaban J connectivity index is 2.70. The molecule has 0 radical (unpaired) electrons. The summed E-state index contributed by atoms with van der Waals surface area (Å²) in [5.74, 6) is -2.19. The fraction of sp³-hybridized carbons (Fsp3) is 0. The zero-order valence-electron chi connectivity index (χ0n) is 10.6. The molecule has 0 aliphatic carbocycles. The quantitative estimate of drug-likeness (QED) is 0.384. The summed E-state index contributed by atoms with van der Waals surface area (Å²) in [7, 11) is 0. The third-order valence-electron chi connectivity index (χ3n) is 2.89. The average Bonchev–Trinajstić information content (AvgIpc) is 2.46. The van der Waals surface area contributed by atoms with Crippen LogP contribution in [0, 0.1) is 10.1 Å². The Kier molecular flexibility index (Phi) is 3.66. The van der Waals surface area contributed by atoms with Gasteiger partial charge in [0, 0.05) is 11.1 Å². The van der Waals surface area contributed by atoms with Crippen molar-refractivity contribution in [1.82, 2.24) is 0 Å². The lowest BCUT2D eigenvalue weighted by molar-refractivity contribution is -0.384. The van der Waals surface area contributed by atoms with E-state index in [1.165, 1.54) is 18.2 Å². The van der Waals surface area contributed by atoms with E-state index in [1.807, 2.05) is 0 Å². The van der Waals surface area contributed by atoms with Crippen LogP contribution in [0.15, 0.2) is 42.5 Å². The number of aromatic carboxylic acids is 1. The number of nitrogens with two attached hydrogens (primary N) is 1. The highest BCUT2D eigenvalue weighted by Crippen LogP contribution is 2.30. The first-order valence-electron chi connectivity index (χ1n) is 5.83. The highest BCUT2D eigenvalue weighted by molar-refractivity contribution is 6.16. The SMILES string of the molecule is Nc1ccc(C(=O)c2ccccc2)c(C(=O)O)c1[N+](=O)[O-]. The highest BCUT2D eigenvalue weighted by atomic mass is 16.6. The van der Waals surface area contributed by atoms with E-state index in [9.17, 15) is 24.8 Å². The molecule has 0 amide bonds. The number of carboxylic acids is 1. The number of carbonyl (C=O) groups is 2. The molecule has 0 aliphatic rings. The summed E-state index contributed by atoms with van der Waals surface area (Å²) < 4.78 is 0. The van der Waals surface area contributed by atoms with Gasteiger partial charge in [0.25, 0.3) is 0 Å². The maximum atomic E-state index is 12.3. The largest absolute Gasteiger partial charge is 0.477 e. The van der Waals surface area contributed by atoms with E-state index in [4.69, 9.17) is 5.73 Å². The normalized spacial score (nSPS) is 10.1. The van der Waals surface area contributed by atoms with Gasteiger partial charge in [0.15, 0.2) is 11.3 Å². The van der Waals surface area contributed by atoms with Gasteiger partial charge in [-0.3, -0.25) is 14.9 Å². The van der Waals surface area contributed by atoms with Crippen LogP contribution < -0.4 is 5.73 Å². The van der Waals surface area contributed by atoms with Crippen LogP contribution in [0.4, 0.5) is 11.4 Å². The lowest BCUT2D eigenvalue weighted by atomic mass is 9.96. The molecule has 2 aromatic carbocycles. The van der Waals surface area contributed by atoms with Crippen molar-refractivity contribution >= 4 is 23.1 Å². The van der Waals surface area contributed by atoms with Gasteiger partial charge in [0.2, 0.25) is 0 Å². The van der Waals surface area contributed by atoms with Gasteiger partial charge >= 0.3 is 11.7 Å². The minimum atomic E-state index is -1.58. The van der Waals surface area contributed by atoms with Gasteiger partial charge in [-0.2, -0.15) is 0 Å². The minimum Gasteiger partial charge on any atom is -0.477 e. The molecule has 0 spiro atoms. The van der Waals surface area contributed by atoms with Crippen molar-refractivity contribution < 1.29 is 19.6 Å². The summed E-state index contributed by atoms with van der Waals surface area (Å²) in [6.07, 6.45) is 0. The fourth-order valence-electron chi connectivity index (χ4n) is 1.95. The number of nitrogen functional groups attached to an aromatic ring is 1. The van der Waals surface area contributed by atoms with Gasteiger partial charge in [-0.25, -0.2) is 4.79 Å². The molecule has 0 unspecified atom stereocenters. The van der Waals surface area contributed by atoms with Crippen LogP contribution in [0.25, 0.3) is 0 Å². The zero-order valence-corrected chi connectivity index (χ0v) is 10.6. The molecule has 0 atom stereocenters. The number of benzene rings is 2. The van der Waals surface area contributed by atoms with Crippen LogP contribution in [-0.2, 0) is 0 Å². The summed E-state index contributed by atoms with van der Waals surface area (Å²) in [6, 6.07) is 10.2. The number of carbonyl (C=O) groups excluding carboxylic acids is 1. The molecular weight excluding hydrogens is 276 g/mol. The number of anilines is 1.